The van der Waals surface area contributed by atoms with Gasteiger partial charge in [-0.25, -0.2) is 0 Å². The van der Waals surface area contributed by atoms with Crippen LogP contribution in [0.4, 0.5) is 5.69 Å². The predicted molar refractivity (Wildman–Crippen MR) is 79.9 cm³/mol. The normalized spacial score (nSPS) is 10.3. The van der Waals surface area contributed by atoms with Crippen molar-refractivity contribution < 1.29 is 4.79 Å². The second kappa shape index (κ2) is 5.89. The summed E-state index contributed by atoms with van der Waals surface area (Å²) in [6, 6.07) is 13.3. The van der Waals surface area contributed by atoms with Gasteiger partial charge in [-0.1, -0.05) is 24.3 Å². The summed E-state index contributed by atoms with van der Waals surface area (Å²) in [6.45, 7) is 3.98. The van der Waals surface area contributed by atoms with Gasteiger partial charge < -0.3 is 5.32 Å². The van der Waals surface area contributed by atoms with Gasteiger partial charge in [-0.2, -0.15) is 0 Å². The third-order valence-electron chi connectivity index (χ3n) is 2.98. The number of nitrogens with one attached hydrogen (secondary N) is 1. The fourth-order valence-corrected chi connectivity index (χ4v) is 2.03. The second-order valence-corrected chi connectivity index (χ2v) is 4.87. The number of alkyl halides is 1. The summed E-state index contributed by atoms with van der Waals surface area (Å²) in [5.41, 5.74) is 4.58. The molecule has 1 amide bonds. The van der Waals surface area contributed by atoms with Crippen LogP contribution in [0.2, 0.25) is 0 Å². The topological polar surface area (TPSA) is 29.1 Å². The predicted octanol–water partition coefficient (Wildman–Crippen LogP) is 4.29. The Kier molecular flexibility index (Phi) is 4.23. The lowest BCUT2D eigenvalue weighted by molar-refractivity contribution is 0.102. The average molecular weight is 274 g/mol. The highest BCUT2D eigenvalue weighted by Gasteiger charge is 2.08. The lowest BCUT2D eigenvalue weighted by atomic mass is 10.1. The van der Waals surface area contributed by atoms with Crippen LogP contribution in [0, 0.1) is 13.8 Å². The van der Waals surface area contributed by atoms with Crippen LogP contribution in [0.1, 0.15) is 27.0 Å². The molecule has 0 unspecified atom stereocenters. The molecule has 0 radical (unpaired) electrons. The third kappa shape index (κ3) is 3.36. The van der Waals surface area contributed by atoms with E-state index in [2.05, 4.69) is 5.32 Å². The lowest BCUT2D eigenvalue weighted by Crippen LogP contribution is -2.13. The first-order chi connectivity index (χ1) is 9.10. The number of rotatable bonds is 3. The number of aryl methyl sites for hydroxylation is 2. The van der Waals surface area contributed by atoms with Gasteiger partial charge in [0.15, 0.2) is 0 Å². The number of hydrogen-bond donors (Lipinski definition) is 1. The number of carbonyl (C=O) groups is 1. The summed E-state index contributed by atoms with van der Waals surface area (Å²) < 4.78 is 0. The van der Waals surface area contributed by atoms with Crippen molar-refractivity contribution in [2.75, 3.05) is 5.32 Å². The molecule has 0 aliphatic carbocycles. The molecule has 0 aromatic heterocycles. The third-order valence-corrected chi connectivity index (χ3v) is 3.29. The zero-order valence-electron chi connectivity index (χ0n) is 11.0. The van der Waals surface area contributed by atoms with Crippen LogP contribution in [0.5, 0.6) is 0 Å². The molecule has 1 N–H and O–H groups in total. The molecule has 19 heavy (non-hydrogen) atoms. The molecule has 0 fully saturated rings. The van der Waals surface area contributed by atoms with E-state index in [9.17, 15) is 4.79 Å². The Balaban J connectivity index is 2.22. The molecule has 0 atom stereocenters. The van der Waals surface area contributed by atoms with E-state index in [4.69, 9.17) is 11.6 Å². The minimum atomic E-state index is -0.110. The van der Waals surface area contributed by atoms with Crippen LogP contribution in [0.15, 0.2) is 42.5 Å². The van der Waals surface area contributed by atoms with Crippen molar-refractivity contribution in [3.8, 4) is 0 Å². The molecule has 2 rings (SSSR count). The summed E-state index contributed by atoms with van der Waals surface area (Å²) >= 11 is 5.78. The molecule has 2 nitrogen and oxygen atoms in total. The molecule has 0 bridgehead atoms. The van der Waals surface area contributed by atoms with Crippen LogP contribution in [-0.2, 0) is 5.88 Å². The Morgan fingerprint density at radius 2 is 1.95 bits per heavy atom. The highest BCUT2D eigenvalue weighted by atomic mass is 35.5. The highest BCUT2D eigenvalue weighted by molar-refractivity contribution is 6.17. The second-order valence-electron chi connectivity index (χ2n) is 4.61. The van der Waals surface area contributed by atoms with Gasteiger partial charge in [0, 0.05) is 17.1 Å². The van der Waals surface area contributed by atoms with E-state index in [0.29, 0.717) is 11.4 Å². The van der Waals surface area contributed by atoms with Crippen molar-refractivity contribution in [3.63, 3.8) is 0 Å². The van der Waals surface area contributed by atoms with Crippen LogP contribution in [0.3, 0.4) is 0 Å². The maximum Gasteiger partial charge on any atom is 0.255 e. The largest absolute Gasteiger partial charge is 0.322 e. The SMILES string of the molecule is Cc1ccc(C)c(NC(=O)c2cccc(CCl)c2)c1. The fraction of sp³-hybridized carbons (Fsp3) is 0.188. The highest BCUT2D eigenvalue weighted by Crippen LogP contribution is 2.18. The maximum absolute atomic E-state index is 12.2. The van der Waals surface area contributed by atoms with Gasteiger partial charge >= 0.3 is 0 Å². The summed E-state index contributed by atoms with van der Waals surface area (Å²) in [5, 5.41) is 2.94. The van der Waals surface area contributed by atoms with Gasteiger partial charge in [0.2, 0.25) is 0 Å². The van der Waals surface area contributed by atoms with Crippen LogP contribution in [-0.4, -0.2) is 5.91 Å². The van der Waals surface area contributed by atoms with Gasteiger partial charge in [0.25, 0.3) is 5.91 Å². The number of hydrogen-bond acceptors (Lipinski definition) is 1. The van der Waals surface area contributed by atoms with Gasteiger partial charge in [-0.05, 0) is 48.7 Å². The average Bonchev–Trinajstić information content (AvgIpc) is 2.43. The Bertz CT molecular complexity index is 607. The van der Waals surface area contributed by atoms with Gasteiger partial charge in [0.05, 0.1) is 0 Å². The van der Waals surface area contributed by atoms with Crippen molar-refractivity contribution in [2.45, 2.75) is 19.7 Å². The Labute approximate surface area is 118 Å². The Hall–Kier alpha value is -1.80. The van der Waals surface area contributed by atoms with Gasteiger partial charge in [-0.15, -0.1) is 11.6 Å². The summed E-state index contributed by atoms with van der Waals surface area (Å²) in [6.07, 6.45) is 0. The van der Waals surface area contributed by atoms with Gasteiger partial charge in [0.1, 0.15) is 0 Å². The first-order valence-electron chi connectivity index (χ1n) is 6.13. The number of amides is 1. The molecule has 0 saturated heterocycles. The van der Waals surface area contributed by atoms with Crippen LogP contribution >= 0.6 is 11.6 Å². The molecule has 0 heterocycles. The molecule has 2 aromatic carbocycles. The first-order valence-corrected chi connectivity index (χ1v) is 6.67. The number of halogens is 1. The molecule has 2 aromatic rings. The molecule has 0 saturated carbocycles. The molecule has 3 heteroatoms. The van der Waals surface area contributed by atoms with Crippen LogP contribution < -0.4 is 5.32 Å². The maximum atomic E-state index is 12.2. The molecular formula is C16H16ClNO. The Morgan fingerprint density at radius 1 is 1.16 bits per heavy atom. The minimum Gasteiger partial charge on any atom is -0.322 e. The van der Waals surface area contributed by atoms with Crippen molar-refractivity contribution in [1.29, 1.82) is 0 Å². The molecule has 0 aliphatic rings. The minimum absolute atomic E-state index is 0.110. The van der Waals surface area contributed by atoms with Crippen molar-refractivity contribution in [1.82, 2.24) is 0 Å². The summed E-state index contributed by atoms with van der Waals surface area (Å²) in [4.78, 5) is 12.2. The van der Waals surface area contributed by atoms with Crippen LogP contribution in [0.25, 0.3) is 0 Å². The fourth-order valence-electron chi connectivity index (χ4n) is 1.86. The summed E-state index contributed by atoms with van der Waals surface area (Å²) in [7, 11) is 0. The zero-order valence-corrected chi connectivity index (χ0v) is 11.8. The Morgan fingerprint density at radius 3 is 2.68 bits per heavy atom. The van der Waals surface area contributed by atoms with E-state index in [0.717, 1.165) is 22.4 Å². The van der Waals surface area contributed by atoms with E-state index in [1.807, 2.05) is 50.2 Å². The molecule has 0 aliphatic heterocycles. The van der Waals surface area contributed by atoms with E-state index in [1.54, 1.807) is 6.07 Å². The van der Waals surface area contributed by atoms with E-state index >= 15 is 0 Å². The number of carbonyl (C=O) groups excluding carboxylic acids is 1. The number of benzene rings is 2. The molecule has 98 valence electrons. The first kappa shape index (κ1) is 13.6. The molecular weight excluding hydrogens is 258 g/mol. The lowest BCUT2D eigenvalue weighted by Gasteiger charge is -2.10. The standard InChI is InChI=1S/C16H16ClNO/c1-11-6-7-12(2)15(8-11)18-16(19)14-5-3-4-13(9-14)10-17/h3-9H,10H2,1-2H3,(H,18,19). The monoisotopic (exact) mass is 273 g/mol. The van der Waals surface area contributed by atoms with Crippen molar-refractivity contribution in [2.24, 2.45) is 0 Å². The van der Waals surface area contributed by atoms with Crippen molar-refractivity contribution >= 4 is 23.2 Å². The van der Waals surface area contributed by atoms with E-state index in [1.165, 1.54) is 0 Å². The van der Waals surface area contributed by atoms with Crippen molar-refractivity contribution in [3.05, 3.63) is 64.7 Å². The van der Waals surface area contributed by atoms with Gasteiger partial charge in [-0.3, -0.25) is 4.79 Å². The smallest absolute Gasteiger partial charge is 0.255 e. The van der Waals surface area contributed by atoms with E-state index < -0.39 is 0 Å². The zero-order chi connectivity index (χ0) is 13.8. The molecule has 0 spiro atoms. The quantitative estimate of drug-likeness (QED) is 0.830. The summed E-state index contributed by atoms with van der Waals surface area (Å²) in [5.74, 6) is 0.297. The van der Waals surface area contributed by atoms with E-state index in [-0.39, 0.29) is 5.91 Å². The number of anilines is 1.